The van der Waals surface area contributed by atoms with E-state index in [0.29, 0.717) is 25.5 Å². The summed E-state index contributed by atoms with van der Waals surface area (Å²) in [5.74, 6) is -1.38. The first-order valence-electron chi connectivity index (χ1n) is 8.28. The maximum atomic E-state index is 13.2. The molecule has 0 aliphatic carbocycles. The third-order valence-electron chi connectivity index (χ3n) is 4.71. The van der Waals surface area contributed by atoms with Crippen LogP contribution < -0.4 is 9.80 Å². The molecule has 2 aliphatic heterocycles. The van der Waals surface area contributed by atoms with E-state index in [0.717, 1.165) is 5.82 Å². The predicted molar refractivity (Wildman–Crippen MR) is 87.4 cm³/mol. The smallest absolute Gasteiger partial charge is 0.251 e. The molecule has 1 unspecified atom stereocenters. The minimum atomic E-state index is -2.63. The summed E-state index contributed by atoms with van der Waals surface area (Å²) in [5, 5.41) is 0. The third kappa shape index (κ3) is 3.57. The number of hydrogen-bond donors (Lipinski definition) is 0. The van der Waals surface area contributed by atoms with Gasteiger partial charge in [0.25, 0.3) is 5.92 Å². The second kappa shape index (κ2) is 6.49. The van der Waals surface area contributed by atoms with Crippen LogP contribution in [0.5, 0.6) is 0 Å². The number of likely N-dealkylation sites (tertiary alicyclic amines) is 1. The number of nitrogens with zero attached hydrogens (tertiary/aromatic N) is 5. The number of carbonyl (C=O) groups is 1. The summed E-state index contributed by atoms with van der Waals surface area (Å²) in [4.78, 5) is 26.8. The standard InChI is InChI=1S/C16H23F2N5O/c1-21(2)13-3-7-19-15(20-13)23-8-4-12(11-23)14(24)22-9-5-16(17,18)6-10-22/h3,7,12H,4-6,8-11H2,1-2H3. The largest absolute Gasteiger partial charge is 0.363 e. The zero-order valence-electron chi connectivity index (χ0n) is 14.1. The van der Waals surface area contributed by atoms with Crippen molar-refractivity contribution in [2.24, 2.45) is 5.92 Å². The molecule has 3 rings (SSSR count). The van der Waals surface area contributed by atoms with Crippen LogP contribution in [0, 0.1) is 5.92 Å². The van der Waals surface area contributed by atoms with Gasteiger partial charge in [-0.2, -0.15) is 4.98 Å². The molecule has 2 saturated heterocycles. The number of carbonyl (C=O) groups excluding carboxylic acids is 1. The van der Waals surface area contributed by atoms with Crippen molar-refractivity contribution in [2.45, 2.75) is 25.2 Å². The molecule has 0 bridgehead atoms. The highest BCUT2D eigenvalue weighted by Gasteiger charge is 2.39. The van der Waals surface area contributed by atoms with E-state index in [-0.39, 0.29) is 37.8 Å². The summed E-state index contributed by atoms with van der Waals surface area (Å²) in [6.45, 7) is 1.55. The first-order chi connectivity index (χ1) is 11.4. The number of amides is 1. The number of hydrogen-bond acceptors (Lipinski definition) is 5. The van der Waals surface area contributed by atoms with Crippen molar-refractivity contribution in [3.8, 4) is 0 Å². The molecule has 132 valence electrons. The van der Waals surface area contributed by atoms with Crippen molar-refractivity contribution in [1.29, 1.82) is 0 Å². The Kier molecular flexibility index (Phi) is 4.56. The van der Waals surface area contributed by atoms with Gasteiger partial charge in [-0.25, -0.2) is 13.8 Å². The van der Waals surface area contributed by atoms with Crippen molar-refractivity contribution in [3.05, 3.63) is 12.3 Å². The molecule has 0 saturated carbocycles. The van der Waals surface area contributed by atoms with Crippen LogP contribution in [0.3, 0.4) is 0 Å². The van der Waals surface area contributed by atoms with Gasteiger partial charge in [0.2, 0.25) is 11.9 Å². The average molecular weight is 339 g/mol. The summed E-state index contributed by atoms with van der Waals surface area (Å²) < 4.78 is 26.5. The van der Waals surface area contributed by atoms with Crippen LogP contribution in [0.25, 0.3) is 0 Å². The summed E-state index contributed by atoms with van der Waals surface area (Å²) in [6, 6.07) is 1.83. The van der Waals surface area contributed by atoms with E-state index >= 15 is 0 Å². The molecule has 1 aromatic rings. The summed E-state index contributed by atoms with van der Waals surface area (Å²) in [5.41, 5.74) is 0. The van der Waals surface area contributed by atoms with E-state index in [2.05, 4.69) is 9.97 Å². The molecule has 2 fully saturated rings. The number of aromatic nitrogens is 2. The van der Waals surface area contributed by atoms with Crippen molar-refractivity contribution in [2.75, 3.05) is 50.1 Å². The van der Waals surface area contributed by atoms with Gasteiger partial charge in [-0.1, -0.05) is 0 Å². The van der Waals surface area contributed by atoms with E-state index in [9.17, 15) is 13.6 Å². The van der Waals surface area contributed by atoms with Crippen LogP contribution in [-0.2, 0) is 4.79 Å². The van der Waals surface area contributed by atoms with Crippen molar-refractivity contribution >= 4 is 17.7 Å². The lowest BCUT2D eigenvalue weighted by molar-refractivity contribution is -0.140. The fraction of sp³-hybridized carbons (Fsp3) is 0.688. The van der Waals surface area contributed by atoms with Gasteiger partial charge in [-0.3, -0.25) is 4.79 Å². The highest BCUT2D eigenvalue weighted by atomic mass is 19.3. The van der Waals surface area contributed by atoms with Gasteiger partial charge in [-0.05, 0) is 12.5 Å². The molecule has 0 aromatic carbocycles. The number of anilines is 2. The molecule has 1 atom stereocenters. The van der Waals surface area contributed by atoms with Crippen LogP contribution in [-0.4, -0.2) is 67.0 Å². The number of piperidine rings is 1. The van der Waals surface area contributed by atoms with Gasteiger partial charge in [0.1, 0.15) is 5.82 Å². The molecular weight excluding hydrogens is 316 g/mol. The van der Waals surface area contributed by atoms with E-state index in [1.807, 2.05) is 30.0 Å². The van der Waals surface area contributed by atoms with E-state index in [4.69, 9.17) is 0 Å². The van der Waals surface area contributed by atoms with Crippen LogP contribution in [0.4, 0.5) is 20.5 Å². The fourth-order valence-electron chi connectivity index (χ4n) is 3.20. The van der Waals surface area contributed by atoms with Crippen LogP contribution in [0.1, 0.15) is 19.3 Å². The molecule has 1 aromatic heterocycles. The van der Waals surface area contributed by atoms with Gasteiger partial charge in [-0.15, -0.1) is 0 Å². The molecule has 0 spiro atoms. The Morgan fingerprint density at radius 3 is 2.67 bits per heavy atom. The molecule has 0 N–H and O–H groups in total. The van der Waals surface area contributed by atoms with Gasteiger partial charge < -0.3 is 14.7 Å². The van der Waals surface area contributed by atoms with Crippen molar-refractivity contribution in [1.82, 2.24) is 14.9 Å². The summed E-state index contributed by atoms with van der Waals surface area (Å²) >= 11 is 0. The van der Waals surface area contributed by atoms with E-state index in [1.165, 1.54) is 0 Å². The highest BCUT2D eigenvalue weighted by Crippen LogP contribution is 2.30. The Hall–Kier alpha value is -1.99. The quantitative estimate of drug-likeness (QED) is 0.838. The minimum absolute atomic E-state index is 0.0169. The third-order valence-corrected chi connectivity index (χ3v) is 4.71. The lowest BCUT2D eigenvalue weighted by Gasteiger charge is -2.33. The zero-order chi connectivity index (χ0) is 17.3. The van der Waals surface area contributed by atoms with E-state index < -0.39 is 5.92 Å². The summed E-state index contributed by atoms with van der Waals surface area (Å²) in [7, 11) is 3.82. The minimum Gasteiger partial charge on any atom is -0.363 e. The molecule has 3 heterocycles. The molecule has 6 nitrogen and oxygen atoms in total. The molecular formula is C16H23F2N5O. The Morgan fingerprint density at radius 1 is 1.29 bits per heavy atom. The predicted octanol–water partition coefficient (Wildman–Crippen LogP) is 1.63. The Bertz CT molecular complexity index is 600. The first kappa shape index (κ1) is 16.9. The molecule has 8 heteroatoms. The Balaban J connectivity index is 1.61. The molecule has 1 amide bonds. The molecule has 24 heavy (non-hydrogen) atoms. The maximum Gasteiger partial charge on any atom is 0.251 e. The SMILES string of the molecule is CN(C)c1ccnc(N2CCC(C(=O)N3CCC(F)(F)CC3)C2)n1. The molecule has 2 aliphatic rings. The molecule has 0 radical (unpaired) electrons. The maximum absolute atomic E-state index is 13.2. The van der Waals surface area contributed by atoms with Crippen LogP contribution >= 0.6 is 0 Å². The number of rotatable bonds is 3. The zero-order valence-corrected chi connectivity index (χ0v) is 14.1. The van der Waals surface area contributed by atoms with Gasteiger partial charge >= 0.3 is 0 Å². The topological polar surface area (TPSA) is 52.6 Å². The highest BCUT2D eigenvalue weighted by molar-refractivity contribution is 5.80. The lowest BCUT2D eigenvalue weighted by Crippen LogP contribution is -2.45. The normalized spacial score (nSPS) is 23.4. The van der Waals surface area contributed by atoms with E-state index in [1.54, 1.807) is 11.1 Å². The monoisotopic (exact) mass is 339 g/mol. The Labute approximate surface area is 140 Å². The number of alkyl halides is 2. The lowest BCUT2D eigenvalue weighted by atomic mass is 10.0. The van der Waals surface area contributed by atoms with Crippen LogP contribution in [0.15, 0.2) is 12.3 Å². The second-order valence-electron chi connectivity index (χ2n) is 6.72. The fourth-order valence-corrected chi connectivity index (χ4v) is 3.20. The van der Waals surface area contributed by atoms with Gasteiger partial charge in [0.15, 0.2) is 0 Å². The first-order valence-corrected chi connectivity index (χ1v) is 8.28. The Morgan fingerprint density at radius 2 is 2.00 bits per heavy atom. The summed E-state index contributed by atoms with van der Waals surface area (Å²) in [6.07, 6.45) is 1.95. The van der Waals surface area contributed by atoms with Crippen molar-refractivity contribution < 1.29 is 13.6 Å². The number of halogens is 2. The second-order valence-corrected chi connectivity index (χ2v) is 6.72. The van der Waals surface area contributed by atoms with Crippen molar-refractivity contribution in [3.63, 3.8) is 0 Å². The van der Waals surface area contributed by atoms with Gasteiger partial charge in [0, 0.05) is 59.3 Å². The average Bonchev–Trinajstić information content (AvgIpc) is 3.04. The van der Waals surface area contributed by atoms with Crippen LogP contribution in [0.2, 0.25) is 0 Å². The van der Waals surface area contributed by atoms with Gasteiger partial charge in [0.05, 0.1) is 5.92 Å².